The lowest BCUT2D eigenvalue weighted by atomic mass is 9.94. The third kappa shape index (κ3) is 5.18. The summed E-state index contributed by atoms with van der Waals surface area (Å²) in [6.07, 6.45) is 3.81. The highest BCUT2D eigenvalue weighted by Crippen LogP contribution is 2.26. The average Bonchev–Trinajstić information content (AvgIpc) is 3.43. The first-order chi connectivity index (χ1) is 14.8. The summed E-state index contributed by atoms with van der Waals surface area (Å²) in [5.41, 5.74) is -0.0546. The Bertz CT molecular complexity index is 902. The third-order valence-electron chi connectivity index (χ3n) is 6.07. The summed E-state index contributed by atoms with van der Waals surface area (Å²) in [4.78, 5) is 37.3. The van der Waals surface area contributed by atoms with E-state index in [2.05, 4.69) is 30.7 Å². The Labute approximate surface area is 188 Å². The number of hydrogen-bond acceptors (Lipinski definition) is 6. The summed E-state index contributed by atoms with van der Waals surface area (Å²) in [6, 6.07) is 3.68. The first-order valence-electron chi connectivity index (χ1n) is 11.1. The zero-order valence-corrected chi connectivity index (χ0v) is 19.5. The van der Waals surface area contributed by atoms with Crippen molar-refractivity contribution in [3.63, 3.8) is 0 Å². The number of nitrogens with zero attached hydrogens (tertiary/aromatic N) is 4. The normalized spacial score (nSPS) is 21.0. The maximum absolute atomic E-state index is 13.3. The zero-order valence-electron chi connectivity index (χ0n) is 18.7. The Morgan fingerprint density at radius 3 is 2.77 bits per heavy atom. The fraction of sp³-hybridized carbons (Fsp3) is 0.609. The first kappa shape index (κ1) is 22.0. The monoisotopic (exact) mass is 444 g/mol. The van der Waals surface area contributed by atoms with Gasteiger partial charge in [0.05, 0.1) is 19.3 Å². The predicted molar refractivity (Wildman–Crippen MR) is 120 cm³/mol. The van der Waals surface area contributed by atoms with E-state index in [9.17, 15) is 9.59 Å². The summed E-state index contributed by atoms with van der Waals surface area (Å²) >= 11 is 1.63. The van der Waals surface area contributed by atoms with Crippen molar-refractivity contribution in [2.75, 3.05) is 26.2 Å². The summed E-state index contributed by atoms with van der Waals surface area (Å²) in [6.45, 7) is 10.6. The van der Waals surface area contributed by atoms with Crippen molar-refractivity contribution in [1.82, 2.24) is 19.7 Å². The van der Waals surface area contributed by atoms with Crippen LogP contribution < -0.4 is 0 Å². The van der Waals surface area contributed by atoms with E-state index in [-0.39, 0.29) is 23.3 Å². The van der Waals surface area contributed by atoms with Gasteiger partial charge < -0.3 is 14.2 Å². The molecule has 0 N–H and O–H groups in total. The summed E-state index contributed by atoms with van der Waals surface area (Å²) < 4.78 is 5.95. The van der Waals surface area contributed by atoms with Gasteiger partial charge in [0.15, 0.2) is 0 Å². The highest BCUT2D eigenvalue weighted by Gasteiger charge is 2.38. The van der Waals surface area contributed by atoms with E-state index in [1.54, 1.807) is 16.2 Å². The Kier molecular flexibility index (Phi) is 6.48. The molecule has 0 aromatic carbocycles. The van der Waals surface area contributed by atoms with E-state index < -0.39 is 0 Å². The van der Waals surface area contributed by atoms with Gasteiger partial charge in [0.1, 0.15) is 11.8 Å². The van der Waals surface area contributed by atoms with Crippen molar-refractivity contribution in [3.8, 4) is 0 Å². The predicted octanol–water partition coefficient (Wildman–Crippen LogP) is 3.26. The maximum Gasteiger partial charge on any atom is 0.245 e. The van der Waals surface area contributed by atoms with E-state index in [0.29, 0.717) is 32.5 Å². The summed E-state index contributed by atoms with van der Waals surface area (Å²) in [5, 5.41) is 2.01. The molecule has 31 heavy (non-hydrogen) atoms. The van der Waals surface area contributed by atoms with Crippen LogP contribution in [0.15, 0.2) is 28.1 Å². The molecule has 2 aliphatic heterocycles. The molecule has 7 nitrogen and oxygen atoms in total. The minimum Gasteiger partial charge on any atom is -0.444 e. The van der Waals surface area contributed by atoms with Gasteiger partial charge in [-0.15, -0.1) is 11.3 Å². The van der Waals surface area contributed by atoms with Crippen molar-refractivity contribution in [2.24, 2.45) is 0 Å². The molecule has 0 bridgehead atoms. The van der Waals surface area contributed by atoms with Crippen molar-refractivity contribution >= 4 is 23.2 Å². The number of likely N-dealkylation sites (tertiary alicyclic amines) is 1. The minimum absolute atomic E-state index is 0.0546. The Morgan fingerprint density at radius 1 is 1.23 bits per heavy atom. The van der Waals surface area contributed by atoms with Crippen LogP contribution in [0.5, 0.6) is 0 Å². The number of thiophene rings is 1. The van der Waals surface area contributed by atoms with Gasteiger partial charge in [0.25, 0.3) is 0 Å². The molecule has 2 aliphatic rings. The molecular formula is C23H32N4O3S. The molecule has 1 atom stereocenters. The number of aromatic nitrogens is 1. The fourth-order valence-electron chi connectivity index (χ4n) is 4.24. The average molecular weight is 445 g/mol. The molecule has 168 valence electrons. The first-order valence-corrected chi connectivity index (χ1v) is 12.0. The van der Waals surface area contributed by atoms with Gasteiger partial charge in [-0.05, 0) is 24.3 Å². The van der Waals surface area contributed by atoms with Crippen LogP contribution in [0.25, 0.3) is 0 Å². The van der Waals surface area contributed by atoms with E-state index in [1.807, 2.05) is 28.6 Å². The molecule has 2 saturated heterocycles. The van der Waals surface area contributed by atoms with Gasteiger partial charge in [-0.1, -0.05) is 26.8 Å². The smallest absolute Gasteiger partial charge is 0.245 e. The van der Waals surface area contributed by atoms with Gasteiger partial charge in [0, 0.05) is 42.9 Å². The van der Waals surface area contributed by atoms with Gasteiger partial charge >= 0.3 is 0 Å². The van der Waals surface area contributed by atoms with Crippen molar-refractivity contribution < 1.29 is 14.0 Å². The van der Waals surface area contributed by atoms with Crippen LogP contribution in [-0.4, -0.2) is 63.7 Å². The lowest BCUT2D eigenvalue weighted by Crippen LogP contribution is -2.47. The lowest BCUT2D eigenvalue weighted by molar-refractivity contribution is -0.141. The Morgan fingerprint density at radius 2 is 2.06 bits per heavy atom. The second kappa shape index (κ2) is 9.12. The third-order valence-corrected chi connectivity index (χ3v) is 6.93. The van der Waals surface area contributed by atoms with Crippen LogP contribution in [0.3, 0.4) is 0 Å². The molecule has 0 saturated carbocycles. The topological polar surface area (TPSA) is 69.9 Å². The molecule has 0 aliphatic carbocycles. The molecular weight excluding hydrogens is 412 g/mol. The van der Waals surface area contributed by atoms with Crippen LogP contribution >= 0.6 is 11.3 Å². The minimum atomic E-state index is -0.331. The van der Waals surface area contributed by atoms with Crippen LogP contribution in [0, 0.1) is 0 Å². The van der Waals surface area contributed by atoms with Crippen LogP contribution in [0.1, 0.15) is 56.6 Å². The molecule has 2 aromatic heterocycles. The van der Waals surface area contributed by atoms with Gasteiger partial charge in [-0.2, -0.15) is 0 Å². The number of oxazole rings is 1. The molecule has 2 fully saturated rings. The molecule has 4 heterocycles. The Hall–Kier alpha value is -2.19. The van der Waals surface area contributed by atoms with Crippen LogP contribution in [0.2, 0.25) is 0 Å². The molecule has 0 spiro atoms. The number of rotatable bonds is 5. The second-order valence-corrected chi connectivity index (χ2v) is 10.5. The number of carbonyl (C=O) groups excluding carboxylic acids is 2. The SMILES string of the molecule is CC(C)(C)c1cnc(CN2CCCN(C(=O)C3CCC(=O)N3Cc3cccs3)CC2)o1. The van der Waals surface area contributed by atoms with E-state index in [4.69, 9.17) is 4.42 Å². The van der Waals surface area contributed by atoms with Crippen LogP contribution in [-0.2, 0) is 28.1 Å². The Balaban J connectivity index is 1.35. The molecule has 0 radical (unpaired) electrons. The maximum atomic E-state index is 13.3. The van der Waals surface area contributed by atoms with E-state index in [1.165, 1.54) is 0 Å². The standard InChI is InChI=1S/C23H32N4O3S/c1-23(2,3)19-14-24-20(30-19)16-25-9-5-10-26(12-11-25)22(29)18-7-8-21(28)27(18)15-17-6-4-13-31-17/h4,6,13-14,18H,5,7-12,15-16H2,1-3H3. The van der Waals surface area contributed by atoms with E-state index in [0.717, 1.165) is 42.6 Å². The molecule has 2 aromatic rings. The van der Waals surface area contributed by atoms with Gasteiger partial charge in [-0.3, -0.25) is 14.5 Å². The largest absolute Gasteiger partial charge is 0.444 e. The highest BCUT2D eigenvalue weighted by atomic mass is 32.1. The highest BCUT2D eigenvalue weighted by molar-refractivity contribution is 7.09. The zero-order chi connectivity index (χ0) is 22.0. The second-order valence-electron chi connectivity index (χ2n) is 9.48. The molecule has 2 amide bonds. The fourth-order valence-corrected chi connectivity index (χ4v) is 4.94. The van der Waals surface area contributed by atoms with Gasteiger partial charge in [-0.25, -0.2) is 4.98 Å². The molecule has 8 heteroatoms. The van der Waals surface area contributed by atoms with Crippen molar-refractivity contribution in [2.45, 2.75) is 64.6 Å². The lowest BCUT2D eigenvalue weighted by Gasteiger charge is -2.29. The molecule has 1 unspecified atom stereocenters. The summed E-state index contributed by atoms with van der Waals surface area (Å²) in [7, 11) is 0. The van der Waals surface area contributed by atoms with E-state index >= 15 is 0 Å². The van der Waals surface area contributed by atoms with Crippen molar-refractivity contribution in [3.05, 3.63) is 40.2 Å². The number of hydrogen-bond donors (Lipinski definition) is 0. The summed E-state index contributed by atoms with van der Waals surface area (Å²) in [5.74, 6) is 1.80. The van der Waals surface area contributed by atoms with Crippen LogP contribution in [0.4, 0.5) is 0 Å². The quantitative estimate of drug-likeness (QED) is 0.708. The number of carbonyl (C=O) groups is 2. The number of amides is 2. The van der Waals surface area contributed by atoms with Crippen molar-refractivity contribution in [1.29, 1.82) is 0 Å². The molecule has 4 rings (SSSR count). The van der Waals surface area contributed by atoms with Gasteiger partial charge in [0.2, 0.25) is 17.7 Å².